The molecule has 0 saturated heterocycles. The van der Waals surface area contributed by atoms with Crippen molar-refractivity contribution in [2.75, 3.05) is 10.7 Å². The fourth-order valence-electron chi connectivity index (χ4n) is 3.17. The lowest BCUT2D eigenvalue weighted by Gasteiger charge is -2.33. The molecule has 0 bridgehead atoms. The summed E-state index contributed by atoms with van der Waals surface area (Å²) in [6.45, 7) is 4.05. The topological polar surface area (TPSA) is 71.8 Å². The Hall–Kier alpha value is -2.80. The number of fused-ring (bicyclic) bond motifs is 1. The molecule has 1 aliphatic heterocycles. The summed E-state index contributed by atoms with van der Waals surface area (Å²) in [5.74, 6) is 0.801. The van der Waals surface area contributed by atoms with E-state index in [9.17, 15) is 4.79 Å². The zero-order valence-corrected chi connectivity index (χ0v) is 16.0. The molecule has 27 heavy (non-hydrogen) atoms. The van der Waals surface area contributed by atoms with Crippen LogP contribution in [0.25, 0.3) is 0 Å². The molecule has 0 fully saturated rings. The summed E-state index contributed by atoms with van der Waals surface area (Å²) >= 11 is 1.44. The molecule has 0 unspecified atom stereocenters. The van der Waals surface area contributed by atoms with E-state index >= 15 is 0 Å². The molecule has 0 saturated carbocycles. The van der Waals surface area contributed by atoms with Gasteiger partial charge in [-0.15, -0.1) is 10.2 Å². The minimum atomic E-state index is -0.366. The van der Waals surface area contributed by atoms with Crippen LogP contribution in [0, 0.1) is 6.92 Å². The van der Waals surface area contributed by atoms with E-state index in [1.165, 1.54) is 11.8 Å². The van der Waals surface area contributed by atoms with Crippen molar-refractivity contribution in [1.82, 2.24) is 14.9 Å². The van der Waals surface area contributed by atoms with Gasteiger partial charge >= 0.3 is 0 Å². The van der Waals surface area contributed by atoms with Crippen molar-refractivity contribution in [3.63, 3.8) is 0 Å². The number of hydrogen-bond acceptors (Lipinski definition) is 5. The SMILES string of the molecule is CCc1nnc2n1N[C@H](c1ccccc1)[C@H](C(=O)Nc1cccc(C)c1)S2. The lowest BCUT2D eigenvalue weighted by molar-refractivity contribution is -0.116. The molecule has 2 heterocycles. The van der Waals surface area contributed by atoms with Gasteiger partial charge in [0.25, 0.3) is 0 Å². The number of aromatic nitrogens is 3. The third-order valence-corrected chi connectivity index (χ3v) is 5.74. The van der Waals surface area contributed by atoms with Crippen molar-refractivity contribution in [2.45, 2.75) is 36.7 Å². The normalized spacial score (nSPS) is 18.4. The second-order valence-electron chi connectivity index (χ2n) is 6.50. The van der Waals surface area contributed by atoms with Crippen molar-refractivity contribution in [1.29, 1.82) is 0 Å². The fourth-order valence-corrected chi connectivity index (χ4v) is 4.27. The molecule has 1 aliphatic rings. The van der Waals surface area contributed by atoms with Crippen LogP contribution in [-0.4, -0.2) is 26.0 Å². The van der Waals surface area contributed by atoms with Crippen LogP contribution in [0.4, 0.5) is 5.69 Å². The first-order valence-corrected chi connectivity index (χ1v) is 9.83. The number of rotatable bonds is 4. The highest BCUT2D eigenvalue weighted by molar-refractivity contribution is 8.00. The van der Waals surface area contributed by atoms with Gasteiger partial charge in [0.15, 0.2) is 5.82 Å². The second-order valence-corrected chi connectivity index (χ2v) is 7.61. The van der Waals surface area contributed by atoms with Gasteiger partial charge in [-0.05, 0) is 30.2 Å². The average molecular weight is 379 g/mol. The molecule has 2 aromatic carbocycles. The number of hydrogen-bond donors (Lipinski definition) is 2. The number of nitrogens with zero attached hydrogens (tertiary/aromatic N) is 3. The zero-order valence-electron chi connectivity index (χ0n) is 15.2. The van der Waals surface area contributed by atoms with Gasteiger partial charge in [-0.25, -0.2) is 4.68 Å². The van der Waals surface area contributed by atoms with Crippen LogP contribution in [-0.2, 0) is 11.2 Å². The standard InChI is InChI=1S/C20H21N5OS/c1-3-16-22-23-20-25(16)24-17(14-9-5-4-6-10-14)18(27-20)19(26)21-15-11-7-8-13(2)12-15/h4-12,17-18,24H,3H2,1-2H3,(H,21,26)/t17-,18-/m1/s1. The largest absolute Gasteiger partial charge is 0.325 e. The summed E-state index contributed by atoms with van der Waals surface area (Å²) < 4.78 is 1.90. The van der Waals surface area contributed by atoms with Crippen LogP contribution in [0.15, 0.2) is 59.8 Å². The van der Waals surface area contributed by atoms with Gasteiger partial charge in [0.1, 0.15) is 5.25 Å². The van der Waals surface area contributed by atoms with E-state index in [1.54, 1.807) is 0 Å². The van der Waals surface area contributed by atoms with Crippen LogP contribution in [0.3, 0.4) is 0 Å². The Kier molecular flexibility index (Phi) is 4.85. The number of thioether (sulfide) groups is 1. The van der Waals surface area contributed by atoms with E-state index < -0.39 is 0 Å². The number of carbonyl (C=O) groups is 1. The molecule has 2 N–H and O–H groups in total. The monoisotopic (exact) mass is 379 g/mol. The maximum Gasteiger partial charge on any atom is 0.240 e. The van der Waals surface area contributed by atoms with Crippen LogP contribution >= 0.6 is 11.8 Å². The van der Waals surface area contributed by atoms with E-state index in [4.69, 9.17) is 0 Å². The quantitative estimate of drug-likeness (QED) is 0.725. The van der Waals surface area contributed by atoms with Crippen LogP contribution in [0.2, 0.25) is 0 Å². The van der Waals surface area contributed by atoms with Crippen molar-refractivity contribution in [3.05, 3.63) is 71.5 Å². The Labute approximate surface area is 162 Å². The molecule has 138 valence electrons. The number of carbonyl (C=O) groups excluding carboxylic acids is 1. The summed E-state index contributed by atoms with van der Waals surface area (Å²) in [5.41, 5.74) is 6.41. The Morgan fingerprint density at radius 3 is 2.74 bits per heavy atom. The lowest BCUT2D eigenvalue weighted by Crippen LogP contribution is -2.41. The smallest absolute Gasteiger partial charge is 0.240 e. The van der Waals surface area contributed by atoms with E-state index in [0.717, 1.165) is 29.1 Å². The van der Waals surface area contributed by atoms with Gasteiger partial charge in [-0.1, -0.05) is 61.2 Å². The molecule has 0 spiro atoms. The van der Waals surface area contributed by atoms with E-state index in [0.29, 0.717) is 5.16 Å². The van der Waals surface area contributed by atoms with Gasteiger partial charge in [-0.2, -0.15) is 0 Å². The Morgan fingerprint density at radius 2 is 2.00 bits per heavy atom. The van der Waals surface area contributed by atoms with E-state index in [-0.39, 0.29) is 17.2 Å². The van der Waals surface area contributed by atoms with Crippen LogP contribution in [0.1, 0.15) is 29.9 Å². The maximum absolute atomic E-state index is 13.1. The number of amides is 1. The van der Waals surface area contributed by atoms with Gasteiger partial charge in [0.2, 0.25) is 11.1 Å². The average Bonchev–Trinajstić information content (AvgIpc) is 3.10. The number of anilines is 1. The highest BCUT2D eigenvalue weighted by Crippen LogP contribution is 2.37. The van der Waals surface area contributed by atoms with Gasteiger partial charge in [0.05, 0.1) is 6.04 Å². The molecule has 1 amide bonds. The molecule has 1 aromatic heterocycles. The summed E-state index contributed by atoms with van der Waals surface area (Å²) in [4.78, 5) is 13.1. The lowest BCUT2D eigenvalue weighted by atomic mass is 10.0. The first-order chi connectivity index (χ1) is 13.2. The number of nitrogens with one attached hydrogen (secondary N) is 2. The van der Waals surface area contributed by atoms with Gasteiger partial charge < -0.3 is 10.7 Å². The summed E-state index contributed by atoms with van der Waals surface area (Å²) in [5, 5.41) is 11.9. The highest BCUT2D eigenvalue weighted by atomic mass is 32.2. The summed E-state index contributed by atoms with van der Waals surface area (Å²) in [6, 6.07) is 17.6. The predicted molar refractivity (Wildman–Crippen MR) is 107 cm³/mol. The molecule has 2 atom stereocenters. The summed E-state index contributed by atoms with van der Waals surface area (Å²) in [6.07, 6.45) is 0.766. The second kappa shape index (κ2) is 7.44. The predicted octanol–water partition coefficient (Wildman–Crippen LogP) is 3.55. The molecular formula is C20H21N5OS. The van der Waals surface area contributed by atoms with Crippen LogP contribution < -0.4 is 10.7 Å². The Bertz CT molecular complexity index is 956. The van der Waals surface area contributed by atoms with E-state index in [1.807, 2.05) is 73.1 Å². The minimum absolute atomic E-state index is 0.0562. The molecule has 4 rings (SSSR count). The minimum Gasteiger partial charge on any atom is -0.325 e. The van der Waals surface area contributed by atoms with Crippen LogP contribution in [0.5, 0.6) is 0 Å². The van der Waals surface area contributed by atoms with Crippen molar-refractivity contribution in [3.8, 4) is 0 Å². The third-order valence-electron chi connectivity index (χ3n) is 4.52. The van der Waals surface area contributed by atoms with Gasteiger partial charge in [0, 0.05) is 12.1 Å². The Morgan fingerprint density at radius 1 is 1.19 bits per heavy atom. The molecule has 0 aliphatic carbocycles. The first-order valence-electron chi connectivity index (χ1n) is 8.95. The van der Waals surface area contributed by atoms with Crippen molar-refractivity contribution in [2.24, 2.45) is 0 Å². The molecule has 3 aromatic rings. The third kappa shape index (κ3) is 3.55. The molecular weight excluding hydrogens is 358 g/mol. The maximum atomic E-state index is 13.1. The number of aryl methyl sites for hydroxylation is 2. The van der Waals surface area contributed by atoms with Gasteiger partial charge in [-0.3, -0.25) is 4.79 Å². The molecule has 0 radical (unpaired) electrons. The van der Waals surface area contributed by atoms with E-state index in [2.05, 4.69) is 20.9 Å². The molecule has 6 nitrogen and oxygen atoms in total. The fraction of sp³-hybridized carbons (Fsp3) is 0.250. The van der Waals surface area contributed by atoms with Crippen molar-refractivity contribution >= 4 is 23.4 Å². The summed E-state index contributed by atoms with van der Waals surface area (Å²) in [7, 11) is 0. The molecule has 7 heteroatoms. The highest BCUT2D eigenvalue weighted by Gasteiger charge is 2.37. The van der Waals surface area contributed by atoms with Crippen molar-refractivity contribution < 1.29 is 4.79 Å². The number of benzene rings is 2. The first kappa shape index (κ1) is 17.6. The zero-order chi connectivity index (χ0) is 18.8. The Balaban J connectivity index is 1.66.